The Bertz CT molecular complexity index is 223. The fraction of sp³-hybridized carbons (Fsp3) is 0.444. The third-order valence-corrected chi connectivity index (χ3v) is 1.61. The molecule has 1 rings (SSSR count). The predicted molar refractivity (Wildman–Crippen MR) is 43.2 cm³/mol. The van der Waals surface area contributed by atoms with E-state index in [0.717, 1.165) is 13.0 Å². The van der Waals surface area contributed by atoms with E-state index in [-0.39, 0.29) is 0 Å². The fourth-order valence-corrected chi connectivity index (χ4v) is 0.988. The van der Waals surface area contributed by atoms with Gasteiger partial charge in [0.15, 0.2) is 11.9 Å². The molecule has 2 nitrogen and oxygen atoms in total. The number of nitrogens with zero attached hydrogens (tertiary/aromatic N) is 1. The Morgan fingerprint density at radius 3 is 3.00 bits per heavy atom. The molecule has 11 heavy (non-hydrogen) atoms. The van der Waals surface area contributed by atoms with Crippen LogP contribution in [0.3, 0.4) is 0 Å². The van der Waals surface area contributed by atoms with Crippen LogP contribution in [0.1, 0.15) is 19.8 Å². The normalized spacial score (nSPS) is 9.91. The van der Waals surface area contributed by atoms with Gasteiger partial charge in [-0.3, -0.25) is 0 Å². The summed E-state index contributed by atoms with van der Waals surface area (Å²) >= 11 is 0. The van der Waals surface area contributed by atoms with Crippen LogP contribution in [0.2, 0.25) is 0 Å². The van der Waals surface area contributed by atoms with Crippen molar-refractivity contribution in [2.75, 3.05) is 0 Å². The minimum atomic E-state index is 0.337. The molecular weight excluding hydrogens is 138 g/mol. The van der Waals surface area contributed by atoms with E-state index in [1.54, 1.807) is 12.3 Å². The van der Waals surface area contributed by atoms with E-state index in [0.29, 0.717) is 5.75 Å². The second-order valence-electron chi connectivity index (χ2n) is 2.65. The van der Waals surface area contributed by atoms with E-state index in [1.165, 1.54) is 6.42 Å². The highest BCUT2D eigenvalue weighted by Gasteiger charge is 1.98. The Kier molecular flexibility index (Phi) is 2.90. The zero-order valence-electron chi connectivity index (χ0n) is 6.83. The predicted octanol–water partition coefficient (Wildman–Crippen LogP) is 1.48. The van der Waals surface area contributed by atoms with E-state index >= 15 is 0 Å². The minimum Gasteiger partial charge on any atom is -0.503 e. The lowest BCUT2D eigenvalue weighted by molar-refractivity contribution is -0.697. The molecule has 2 heteroatoms. The summed E-state index contributed by atoms with van der Waals surface area (Å²) in [5.74, 6) is 0.337. The molecule has 0 atom stereocenters. The highest BCUT2D eigenvalue weighted by Crippen LogP contribution is 2.00. The SMILES string of the molecule is CCCC[n+]1cccc(O)c1. The molecule has 0 bridgehead atoms. The Hall–Kier alpha value is -1.05. The molecule has 0 fully saturated rings. The lowest BCUT2D eigenvalue weighted by atomic mass is 10.3. The number of pyridine rings is 1. The van der Waals surface area contributed by atoms with Crippen LogP contribution in [-0.4, -0.2) is 5.11 Å². The lowest BCUT2D eigenvalue weighted by Crippen LogP contribution is -2.32. The maximum atomic E-state index is 9.09. The molecule has 0 aliphatic carbocycles. The molecule has 60 valence electrons. The molecule has 0 spiro atoms. The van der Waals surface area contributed by atoms with Gasteiger partial charge in [0.2, 0.25) is 6.20 Å². The zero-order valence-corrected chi connectivity index (χ0v) is 6.83. The van der Waals surface area contributed by atoms with Crippen LogP contribution in [0, 0.1) is 0 Å². The molecule has 1 N–H and O–H groups in total. The first-order valence-corrected chi connectivity index (χ1v) is 4.01. The van der Waals surface area contributed by atoms with Gasteiger partial charge in [0, 0.05) is 12.5 Å². The number of aryl methyl sites for hydroxylation is 1. The summed E-state index contributed by atoms with van der Waals surface area (Å²) in [6.07, 6.45) is 6.06. The van der Waals surface area contributed by atoms with Gasteiger partial charge in [0.1, 0.15) is 6.54 Å². The van der Waals surface area contributed by atoms with Crippen molar-refractivity contribution in [1.82, 2.24) is 0 Å². The van der Waals surface area contributed by atoms with E-state index < -0.39 is 0 Å². The van der Waals surface area contributed by atoms with Crippen LogP contribution in [0.4, 0.5) is 0 Å². The molecule has 0 unspecified atom stereocenters. The number of hydrogen-bond acceptors (Lipinski definition) is 1. The van der Waals surface area contributed by atoms with Gasteiger partial charge >= 0.3 is 0 Å². The number of aromatic hydroxyl groups is 1. The number of rotatable bonds is 3. The van der Waals surface area contributed by atoms with Crippen LogP contribution in [0.15, 0.2) is 24.5 Å². The van der Waals surface area contributed by atoms with Crippen molar-refractivity contribution in [3.05, 3.63) is 24.5 Å². The highest BCUT2D eigenvalue weighted by atomic mass is 16.3. The van der Waals surface area contributed by atoms with Crippen LogP contribution in [-0.2, 0) is 6.54 Å². The minimum absolute atomic E-state index is 0.337. The first-order chi connectivity index (χ1) is 5.33. The van der Waals surface area contributed by atoms with Crippen molar-refractivity contribution >= 4 is 0 Å². The molecule has 1 aromatic rings. The van der Waals surface area contributed by atoms with Crippen molar-refractivity contribution in [2.24, 2.45) is 0 Å². The average Bonchev–Trinajstić information content (AvgIpc) is 2.01. The molecule has 1 heterocycles. The largest absolute Gasteiger partial charge is 0.503 e. The molecular formula is C9H14NO+. The van der Waals surface area contributed by atoms with Gasteiger partial charge in [-0.25, -0.2) is 4.57 Å². The lowest BCUT2D eigenvalue weighted by Gasteiger charge is -1.94. The molecule has 0 aromatic carbocycles. The Balaban J connectivity index is 2.56. The number of hydrogen-bond donors (Lipinski definition) is 1. The summed E-state index contributed by atoms with van der Waals surface area (Å²) < 4.78 is 2.00. The molecule has 0 aliphatic heterocycles. The van der Waals surface area contributed by atoms with Crippen molar-refractivity contribution in [3.63, 3.8) is 0 Å². The molecule has 0 aliphatic rings. The molecule has 1 aromatic heterocycles. The van der Waals surface area contributed by atoms with Gasteiger partial charge in [0.25, 0.3) is 0 Å². The van der Waals surface area contributed by atoms with E-state index in [9.17, 15) is 0 Å². The van der Waals surface area contributed by atoms with E-state index in [1.807, 2.05) is 16.8 Å². The van der Waals surface area contributed by atoms with Crippen molar-refractivity contribution in [3.8, 4) is 5.75 Å². The van der Waals surface area contributed by atoms with Crippen LogP contribution < -0.4 is 4.57 Å². The van der Waals surface area contributed by atoms with Crippen LogP contribution in [0.5, 0.6) is 5.75 Å². The number of unbranched alkanes of at least 4 members (excludes halogenated alkanes) is 1. The van der Waals surface area contributed by atoms with Gasteiger partial charge in [0.05, 0.1) is 0 Å². The Labute approximate surface area is 67.1 Å². The quantitative estimate of drug-likeness (QED) is 0.652. The standard InChI is InChI=1S/C9H13NO/c1-2-3-6-10-7-4-5-9(11)8-10/h4-5,7-8H,2-3,6H2,1H3/p+1. The summed E-state index contributed by atoms with van der Waals surface area (Å²) in [5.41, 5.74) is 0. The van der Waals surface area contributed by atoms with E-state index in [4.69, 9.17) is 5.11 Å². The van der Waals surface area contributed by atoms with Crippen molar-refractivity contribution in [1.29, 1.82) is 0 Å². The van der Waals surface area contributed by atoms with Gasteiger partial charge < -0.3 is 5.11 Å². The summed E-state index contributed by atoms with van der Waals surface area (Å²) in [7, 11) is 0. The topological polar surface area (TPSA) is 24.1 Å². The van der Waals surface area contributed by atoms with Gasteiger partial charge in [-0.05, 0) is 6.07 Å². The second-order valence-corrected chi connectivity index (χ2v) is 2.65. The average molecular weight is 152 g/mol. The third-order valence-electron chi connectivity index (χ3n) is 1.61. The first-order valence-electron chi connectivity index (χ1n) is 4.01. The highest BCUT2D eigenvalue weighted by molar-refractivity contribution is 5.09. The Morgan fingerprint density at radius 1 is 1.55 bits per heavy atom. The Morgan fingerprint density at radius 2 is 2.36 bits per heavy atom. The second kappa shape index (κ2) is 3.96. The summed E-state index contributed by atoms with van der Waals surface area (Å²) in [4.78, 5) is 0. The smallest absolute Gasteiger partial charge is 0.210 e. The van der Waals surface area contributed by atoms with Crippen LogP contribution in [0.25, 0.3) is 0 Å². The summed E-state index contributed by atoms with van der Waals surface area (Å²) in [6.45, 7) is 3.15. The molecule has 0 saturated carbocycles. The monoisotopic (exact) mass is 152 g/mol. The third kappa shape index (κ3) is 2.58. The van der Waals surface area contributed by atoms with Crippen molar-refractivity contribution in [2.45, 2.75) is 26.3 Å². The van der Waals surface area contributed by atoms with Crippen LogP contribution >= 0.6 is 0 Å². The summed E-state index contributed by atoms with van der Waals surface area (Å²) in [6, 6.07) is 3.54. The summed E-state index contributed by atoms with van der Waals surface area (Å²) in [5, 5.41) is 9.09. The van der Waals surface area contributed by atoms with E-state index in [2.05, 4.69) is 6.92 Å². The van der Waals surface area contributed by atoms with Gasteiger partial charge in [-0.15, -0.1) is 0 Å². The molecule has 0 amide bonds. The number of aromatic nitrogens is 1. The zero-order chi connectivity index (χ0) is 8.10. The van der Waals surface area contributed by atoms with Gasteiger partial charge in [-0.1, -0.05) is 13.3 Å². The van der Waals surface area contributed by atoms with Crippen molar-refractivity contribution < 1.29 is 9.67 Å². The van der Waals surface area contributed by atoms with Gasteiger partial charge in [-0.2, -0.15) is 0 Å². The fourth-order valence-electron chi connectivity index (χ4n) is 0.988. The maximum Gasteiger partial charge on any atom is 0.210 e. The maximum absolute atomic E-state index is 9.09. The first kappa shape index (κ1) is 8.05. The molecule has 0 radical (unpaired) electrons. The molecule has 0 saturated heterocycles.